The third-order valence-electron chi connectivity index (χ3n) is 3.43. The molecule has 2 rings (SSSR count). The first kappa shape index (κ1) is 19.5. The molecule has 0 fully saturated rings. The standard InChI is InChI=1S/C15H14Cl2N2O5S/c1-9(10-3-5-12(16)13(17)7-10)18-25(22,23)15-6-4-11(24-2)8-14(15)19(20)21/h3-9,18H,1-2H3. The molecule has 0 amide bonds. The second-order valence-corrected chi connectivity index (χ2v) is 7.60. The number of hydrogen-bond donors (Lipinski definition) is 1. The smallest absolute Gasteiger partial charge is 0.293 e. The van der Waals surface area contributed by atoms with Gasteiger partial charge in [0.2, 0.25) is 10.0 Å². The topological polar surface area (TPSA) is 98.5 Å². The summed E-state index contributed by atoms with van der Waals surface area (Å²) in [4.78, 5) is 9.97. The van der Waals surface area contributed by atoms with Gasteiger partial charge in [-0.3, -0.25) is 10.1 Å². The van der Waals surface area contributed by atoms with Crippen molar-refractivity contribution >= 4 is 38.9 Å². The molecule has 1 unspecified atom stereocenters. The van der Waals surface area contributed by atoms with Gasteiger partial charge in [0.15, 0.2) is 4.90 Å². The van der Waals surface area contributed by atoms with Crippen molar-refractivity contribution in [2.45, 2.75) is 17.9 Å². The van der Waals surface area contributed by atoms with Crippen LogP contribution in [0.3, 0.4) is 0 Å². The lowest BCUT2D eigenvalue weighted by molar-refractivity contribution is -0.387. The molecule has 0 saturated carbocycles. The maximum atomic E-state index is 12.6. The Morgan fingerprint density at radius 3 is 2.40 bits per heavy atom. The summed E-state index contributed by atoms with van der Waals surface area (Å²) in [6.45, 7) is 1.59. The second kappa shape index (κ2) is 7.57. The number of hydrogen-bond acceptors (Lipinski definition) is 5. The van der Waals surface area contributed by atoms with Gasteiger partial charge in [-0.25, -0.2) is 13.1 Å². The molecule has 0 aromatic heterocycles. The molecule has 0 aliphatic heterocycles. The van der Waals surface area contributed by atoms with Crippen LogP contribution in [-0.4, -0.2) is 20.5 Å². The number of nitrogens with zero attached hydrogens (tertiary/aromatic N) is 1. The maximum Gasteiger partial charge on any atom is 0.293 e. The quantitative estimate of drug-likeness (QED) is 0.580. The number of sulfonamides is 1. The monoisotopic (exact) mass is 404 g/mol. The Morgan fingerprint density at radius 1 is 1.16 bits per heavy atom. The van der Waals surface area contributed by atoms with Crippen molar-refractivity contribution in [1.29, 1.82) is 0 Å². The van der Waals surface area contributed by atoms with E-state index in [2.05, 4.69) is 4.72 Å². The summed E-state index contributed by atoms with van der Waals surface area (Å²) in [6.07, 6.45) is 0. The Labute approximate surface area is 154 Å². The Kier molecular flexibility index (Phi) is 5.89. The highest BCUT2D eigenvalue weighted by atomic mass is 35.5. The van der Waals surface area contributed by atoms with Crippen LogP contribution >= 0.6 is 23.2 Å². The zero-order chi connectivity index (χ0) is 18.8. The van der Waals surface area contributed by atoms with Crippen LogP contribution in [0.25, 0.3) is 0 Å². The predicted molar refractivity (Wildman–Crippen MR) is 94.8 cm³/mol. The number of rotatable bonds is 6. The van der Waals surface area contributed by atoms with Crippen LogP contribution in [0.2, 0.25) is 10.0 Å². The predicted octanol–water partition coefficient (Wildman–Crippen LogP) is 3.95. The first-order chi connectivity index (χ1) is 11.7. The van der Waals surface area contributed by atoms with Gasteiger partial charge >= 0.3 is 0 Å². The Balaban J connectivity index is 2.38. The third-order valence-corrected chi connectivity index (χ3v) is 5.76. The molecule has 0 aliphatic rings. The van der Waals surface area contributed by atoms with Crippen LogP contribution in [0.4, 0.5) is 5.69 Å². The molecule has 0 radical (unpaired) electrons. The molecule has 2 aromatic carbocycles. The van der Waals surface area contributed by atoms with Gasteiger partial charge in [-0.1, -0.05) is 29.3 Å². The van der Waals surface area contributed by atoms with Crippen molar-refractivity contribution in [2.75, 3.05) is 7.11 Å². The molecule has 0 saturated heterocycles. The summed E-state index contributed by atoms with van der Waals surface area (Å²) in [5, 5.41) is 11.8. The zero-order valence-corrected chi connectivity index (χ0v) is 15.5. The van der Waals surface area contributed by atoms with Crippen LogP contribution in [-0.2, 0) is 10.0 Å². The van der Waals surface area contributed by atoms with Gasteiger partial charge in [0, 0.05) is 6.04 Å². The minimum absolute atomic E-state index is 0.184. The molecule has 134 valence electrons. The summed E-state index contributed by atoms with van der Waals surface area (Å²) in [7, 11) is -2.82. The number of ether oxygens (including phenoxy) is 1. The molecule has 1 atom stereocenters. The Hall–Kier alpha value is -1.87. The number of nitrogens with one attached hydrogen (secondary N) is 1. The summed E-state index contributed by atoms with van der Waals surface area (Å²) in [6, 6.07) is 7.52. The van der Waals surface area contributed by atoms with Gasteiger partial charge < -0.3 is 4.74 Å². The van der Waals surface area contributed by atoms with Gasteiger partial charge in [0.25, 0.3) is 5.69 Å². The first-order valence-electron chi connectivity index (χ1n) is 6.95. The lowest BCUT2D eigenvalue weighted by Gasteiger charge is -2.15. The second-order valence-electron chi connectivity index (χ2n) is 5.11. The SMILES string of the molecule is COc1ccc(S(=O)(=O)NC(C)c2ccc(Cl)c(Cl)c2)c([N+](=O)[O-])c1. The fourth-order valence-electron chi connectivity index (χ4n) is 2.14. The fraction of sp³-hybridized carbons (Fsp3) is 0.200. The number of nitro benzene ring substituents is 1. The fourth-order valence-corrected chi connectivity index (χ4v) is 3.83. The highest BCUT2D eigenvalue weighted by molar-refractivity contribution is 7.89. The molecular weight excluding hydrogens is 391 g/mol. The number of methoxy groups -OCH3 is 1. The Morgan fingerprint density at radius 2 is 1.84 bits per heavy atom. The molecule has 0 bridgehead atoms. The highest BCUT2D eigenvalue weighted by Gasteiger charge is 2.28. The van der Waals surface area contributed by atoms with Crippen LogP contribution in [0.1, 0.15) is 18.5 Å². The minimum atomic E-state index is -4.15. The van der Waals surface area contributed by atoms with Gasteiger partial charge in [0.05, 0.1) is 28.1 Å². The van der Waals surface area contributed by atoms with E-state index in [0.717, 1.165) is 12.1 Å². The largest absolute Gasteiger partial charge is 0.497 e. The summed E-state index contributed by atoms with van der Waals surface area (Å²) in [5.74, 6) is 0.184. The van der Waals surface area contributed by atoms with E-state index in [4.69, 9.17) is 27.9 Å². The summed E-state index contributed by atoms with van der Waals surface area (Å²) >= 11 is 11.8. The normalized spacial score (nSPS) is 12.6. The van der Waals surface area contributed by atoms with Gasteiger partial charge in [0.1, 0.15) is 5.75 Å². The first-order valence-corrected chi connectivity index (χ1v) is 9.19. The third kappa shape index (κ3) is 4.40. The molecule has 25 heavy (non-hydrogen) atoms. The lowest BCUT2D eigenvalue weighted by Crippen LogP contribution is -2.27. The molecule has 2 aromatic rings. The van der Waals surface area contributed by atoms with Crippen LogP contribution in [0, 0.1) is 10.1 Å². The zero-order valence-electron chi connectivity index (χ0n) is 13.2. The van der Waals surface area contributed by atoms with E-state index in [1.807, 2.05) is 0 Å². The van der Waals surface area contributed by atoms with Crippen molar-refractivity contribution in [1.82, 2.24) is 4.72 Å². The molecule has 1 N–H and O–H groups in total. The number of halogens is 2. The van der Waals surface area contributed by atoms with Crippen molar-refractivity contribution in [3.05, 3.63) is 62.1 Å². The molecular formula is C15H14Cl2N2O5S. The van der Waals surface area contributed by atoms with Crippen LogP contribution < -0.4 is 9.46 Å². The molecule has 0 heterocycles. The van der Waals surface area contributed by atoms with E-state index in [-0.39, 0.29) is 10.8 Å². The summed E-state index contributed by atoms with van der Waals surface area (Å²) < 4.78 is 32.4. The lowest BCUT2D eigenvalue weighted by atomic mass is 10.1. The van der Waals surface area contributed by atoms with Crippen LogP contribution in [0.15, 0.2) is 41.3 Å². The van der Waals surface area contributed by atoms with Crippen molar-refractivity contribution in [3.63, 3.8) is 0 Å². The molecule has 0 spiro atoms. The van der Waals surface area contributed by atoms with Crippen molar-refractivity contribution in [3.8, 4) is 5.75 Å². The number of benzene rings is 2. The Bertz CT molecular complexity index is 918. The van der Waals surface area contributed by atoms with E-state index in [1.165, 1.54) is 19.2 Å². The van der Waals surface area contributed by atoms with Crippen LogP contribution in [0.5, 0.6) is 5.75 Å². The van der Waals surface area contributed by atoms with Gasteiger partial charge in [-0.05, 0) is 36.8 Å². The van der Waals surface area contributed by atoms with Gasteiger partial charge in [-0.15, -0.1) is 0 Å². The average molecular weight is 405 g/mol. The molecule has 7 nitrogen and oxygen atoms in total. The maximum absolute atomic E-state index is 12.6. The highest BCUT2D eigenvalue weighted by Crippen LogP contribution is 2.30. The minimum Gasteiger partial charge on any atom is -0.497 e. The van der Waals surface area contributed by atoms with E-state index < -0.39 is 31.6 Å². The van der Waals surface area contributed by atoms with E-state index in [9.17, 15) is 18.5 Å². The summed E-state index contributed by atoms with van der Waals surface area (Å²) in [5.41, 5.74) is -0.0117. The van der Waals surface area contributed by atoms with E-state index in [0.29, 0.717) is 10.6 Å². The molecule has 0 aliphatic carbocycles. The average Bonchev–Trinajstić information content (AvgIpc) is 2.56. The van der Waals surface area contributed by atoms with E-state index in [1.54, 1.807) is 19.1 Å². The van der Waals surface area contributed by atoms with E-state index >= 15 is 0 Å². The molecule has 10 heteroatoms. The van der Waals surface area contributed by atoms with Crippen molar-refractivity contribution < 1.29 is 18.1 Å². The van der Waals surface area contributed by atoms with Gasteiger partial charge in [-0.2, -0.15) is 0 Å². The number of nitro groups is 1. The van der Waals surface area contributed by atoms with Crippen molar-refractivity contribution in [2.24, 2.45) is 0 Å².